The molecule has 2 N–H and O–H groups in total. The van der Waals surface area contributed by atoms with Crippen molar-refractivity contribution < 1.29 is 4.74 Å². The van der Waals surface area contributed by atoms with Gasteiger partial charge in [-0.25, -0.2) is 4.68 Å². The smallest absolute Gasteiger partial charge is 0.323 e. The summed E-state index contributed by atoms with van der Waals surface area (Å²) >= 11 is 0. The number of anilines is 1. The number of nitrogens with two attached hydrogens (primary N) is 1. The minimum absolute atomic E-state index is 0.120. The summed E-state index contributed by atoms with van der Waals surface area (Å²) in [6.45, 7) is 4.81. The minimum Gasteiger partial charge on any atom is -0.463 e. The lowest BCUT2D eigenvalue weighted by Gasteiger charge is -2.07. The molecule has 18 heavy (non-hydrogen) atoms. The Morgan fingerprint density at radius 1 is 1.33 bits per heavy atom. The van der Waals surface area contributed by atoms with Crippen molar-refractivity contribution in [3.05, 3.63) is 18.5 Å². The van der Waals surface area contributed by atoms with E-state index in [0.717, 1.165) is 6.42 Å². The molecule has 0 saturated carbocycles. The second kappa shape index (κ2) is 5.44. The summed E-state index contributed by atoms with van der Waals surface area (Å²) in [4.78, 5) is 12.1. The van der Waals surface area contributed by atoms with E-state index in [0.29, 0.717) is 18.5 Å². The molecule has 0 aromatic carbocycles. The van der Waals surface area contributed by atoms with Gasteiger partial charge in [0.15, 0.2) is 0 Å². The molecule has 2 aromatic heterocycles. The third-order valence-electron chi connectivity index (χ3n) is 2.26. The number of ether oxygens (including phenoxy) is 1. The molecule has 0 aliphatic rings. The highest BCUT2D eigenvalue weighted by atomic mass is 16.5. The molecule has 0 amide bonds. The van der Waals surface area contributed by atoms with Crippen molar-refractivity contribution in [1.82, 2.24) is 24.7 Å². The van der Waals surface area contributed by atoms with Crippen LogP contribution in [0.3, 0.4) is 0 Å². The van der Waals surface area contributed by atoms with Crippen LogP contribution in [0.15, 0.2) is 18.5 Å². The van der Waals surface area contributed by atoms with Gasteiger partial charge >= 0.3 is 6.01 Å². The van der Waals surface area contributed by atoms with Crippen LogP contribution in [0, 0.1) is 5.92 Å². The molecule has 0 bridgehead atoms. The van der Waals surface area contributed by atoms with Gasteiger partial charge in [0.25, 0.3) is 5.95 Å². The Morgan fingerprint density at radius 3 is 2.83 bits per heavy atom. The molecule has 2 aromatic rings. The predicted octanol–water partition coefficient (Wildman–Crippen LogP) is 1.06. The Morgan fingerprint density at radius 2 is 2.17 bits per heavy atom. The van der Waals surface area contributed by atoms with Crippen molar-refractivity contribution in [2.45, 2.75) is 20.3 Å². The first-order valence-electron chi connectivity index (χ1n) is 5.79. The van der Waals surface area contributed by atoms with E-state index in [1.54, 1.807) is 18.5 Å². The molecule has 0 atom stereocenters. The molecule has 0 aliphatic carbocycles. The van der Waals surface area contributed by atoms with E-state index in [1.165, 1.54) is 4.68 Å². The van der Waals surface area contributed by atoms with Crippen LogP contribution < -0.4 is 10.5 Å². The standard InChI is InChI=1S/C11H16N6O/c1-8(2)4-7-18-11-15-9(12)14-10(16-11)17-6-3-5-13-17/h3,5-6,8H,4,7H2,1-2H3,(H2,12,14,15,16). The molecule has 96 valence electrons. The Bertz CT molecular complexity index is 496. The topological polar surface area (TPSA) is 91.7 Å². The van der Waals surface area contributed by atoms with Gasteiger partial charge in [-0.1, -0.05) is 13.8 Å². The molecule has 0 spiro atoms. The minimum atomic E-state index is 0.120. The van der Waals surface area contributed by atoms with Crippen molar-refractivity contribution >= 4 is 5.95 Å². The van der Waals surface area contributed by atoms with Crippen LogP contribution in [0.4, 0.5) is 5.95 Å². The average molecular weight is 248 g/mol. The highest BCUT2D eigenvalue weighted by Crippen LogP contribution is 2.09. The number of hydrogen-bond donors (Lipinski definition) is 1. The van der Waals surface area contributed by atoms with Crippen molar-refractivity contribution in [3.8, 4) is 12.0 Å². The fraction of sp³-hybridized carbons (Fsp3) is 0.455. The summed E-state index contributed by atoms with van der Waals surface area (Å²) in [5.41, 5.74) is 5.61. The summed E-state index contributed by atoms with van der Waals surface area (Å²) in [7, 11) is 0. The molecular formula is C11H16N6O. The highest BCUT2D eigenvalue weighted by molar-refractivity contribution is 5.24. The molecule has 0 fully saturated rings. The zero-order valence-corrected chi connectivity index (χ0v) is 10.4. The van der Waals surface area contributed by atoms with Crippen LogP contribution in [0.5, 0.6) is 6.01 Å². The Balaban J connectivity index is 2.12. The Labute approximate surface area is 105 Å². The number of aromatic nitrogens is 5. The second-order valence-corrected chi connectivity index (χ2v) is 4.26. The van der Waals surface area contributed by atoms with E-state index in [1.807, 2.05) is 0 Å². The molecule has 7 nitrogen and oxygen atoms in total. The summed E-state index contributed by atoms with van der Waals surface area (Å²) in [6, 6.07) is 2.01. The molecule has 2 heterocycles. The van der Waals surface area contributed by atoms with E-state index in [9.17, 15) is 0 Å². The Kier molecular flexibility index (Phi) is 3.71. The number of nitrogen functional groups attached to an aromatic ring is 1. The van der Waals surface area contributed by atoms with Gasteiger partial charge in [-0.05, 0) is 18.4 Å². The van der Waals surface area contributed by atoms with Crippen molar-refractivity contribution in [2.24, 2.45) is 5.92 Å². The van der Waals surface area contributed by atoms with Crippen LogP contribution >= 0.6 is 0 Å². The van der Waals surface area contributed by atoms with Crippen LogP contribution in [0.1, 0.15) is 20.3 Å². The van der Waals surface area contributed by atoms with E-state index >= 15 is 0 Å². The normalized spacial score (nSPS) is 10.8. The lowest BCUT2D eigenvalue weighted by Crippen LogP contribution is -2.10. The summed E-state index contributed by atoms with van der Waals surface area (Å²) in [5.74, 6) is 1.04. The van der Waals surface area contributed by atoms with Gasteiger partial charge in [-0.15, -0.1) is 0 Å². The molecule has 7 heteroatoms. The SMILES string of the molecule is CC(C)CCOc1nc(N)nc(-n2cccn2)n1. The van der Waals surface area contributed by atoms with Crippen molar-refractivity contribution in [3.63, 3.8) is 0 Å². The van der Waals surface area contributed by atoms with Crippen LogP contribution in [0.25, 0.3) is 5.95 Å². The zero-order chi connectivity index (χ0) is 13.0. The summed E-state index contributed by atoms with van der Waals surface area (Å²) in [6.07, 6.45) is 4.30. The maximum absolute atomic E-state index is 5.61. The van der Waals surface area contributed by atoms with Crippen LogP contribution in [-0.2, 0) is 0 Å². The maximum atomic E-state index is 5.61. The first-order valence-corrected chi connectivity index (χ1v) is 5.79. The number of hydrogen-bond acceptors (Lipinski definition) is 6. The zero-order valence-electron chi connectivity index (χ0n) is 10.4. The van der Waals surface area contributed by atoms with Gasteiger partial charge in [-0.3, -0.25) is 0 Å². The fourth-order valence-electron chi connectivity index (χ4n) is 1.30. The third-order valence-corrected chi connectivity index (χ3v) is 2.26. The summed E-state index contributed by atoms with van der Waals surface area (Å²) in [5, 5.41) is 4.03. The van der Waals surface area contributed by atoms with Crippen molar-refractivity contribution in [2.75, 3.05) is 12.3 Å². The van der Waals surface area contributed by atoms with Gasteiger partial charge in [-0.2, -0.15) is 20.1 Å². The summed E-state index contributed by atoms with van der Waals surface area (Å²) < 4.78 is 6.96. The quantitative estimate of drug-likeness (QED) is 0.850. The lowest BCUT2D eigenvalue weighted by molar-refractivity contribution is 0.267. The van der Waals surface area contributed by atoms with Gasteiger partial charge in [0.05, 0.1) is 6.61 Å². The molecule has 0 saturated heterocycles. The Hall–Kier alpha value is -2.18. The number of rotatable bonds is 5. The van der Waals surface area contributed by atoms with Crippen molar-refractivity contribution in [1.29, 1.82) is 0 Å². The lowest BCUT2D eigenvalue weighted by atomic mass is 10.1. The average Bonchev–Trinajstić information content (AvgIpc) is 2.81. The van der Waals surface area contributed by atoms with Gasteiger partial charge < -0.3 is 10.5 Å². The first kappa shape index (κ1) is 12.3. The first-order chi connectivity index (χ1) is 8.65. The van der Waals surface area contributed by atoms with Crippen LogP contribution in [0.2, 0.25) is 0 Å². The maximum Gasteiger partial charge on any atom is 0.323 e. The fourth-order valence-corrected chi connectivity index (χ4v) is 1.30. The van der Waals surface area contributed by atoms with E-state index in [2.05, 4.69) is 33.9 Å². The molecular weight excluding hydrogens is 232 g/mol. The highest BCUT2D eigenvalue weighted by Gasteiger charge is 2.07. The third kappa shape index (κ3) is 3.16. The van der Waals surface area contributed by atoms with Crippen LogP contribution in [-0.4, -0.2) is 31.3 Å². The van der Waals surface area contributed by atoms with E-state index in [-0.39, 0.29) is 12.0 Å². The largest absolute Gasteiger partial charge is 0.463 e. The predicted molar refractivity (Wildman–Crippen MR) is 66.3 cm³/mol. The van der Waals surface area contributed by atoms with E-state index in [4.69, 9.17) is 10.5 Å². The molecule has 2 rings (SSSR count). The number of nitrogens with zero attached hydrogens (tertiary/aromatic N) is 5. The van der Waals surface area contributed by atoms with E-state index < -0.39 is 0 Å². The monoisotopic (exact) mass is 248 g/mol. The van der Waals surface area contributed by atoms with Gasteiger partial charge in [0, 0.05) is 12.4 Å². The van der Waals surface area contributed by atoms with Gasteiger partial charge in [0.1, 0.15) is 0 Å². The molecule has 0 aliphatic heterocycles. The second-order valence-electron chi connectivity index (χ2n) is 4.26. The molecule has 0 radical (unpaired) electrons. The van der Waals surface area contributed by atoms with Gasteiger partial charge in [0.2, 0.25) is 5.95 Å². The molecule has 0 unspecified atom stereocenters.